The Morgan fingerprint density at radius 1 is 1.35 bits per heavy atom. The van der Waals surface area contributed by atoms with Gasteiger partial charge in [-0.1, -0.05) is 29.8 Å². The number of carbonyl (C=O) groups excluding carboxylic acids is 1. The highest BCUT2D eigenvalue weighted by Crippen LogP contribution is 2.33. The zero-order valence-electron chi connectivity index (χ0n) is 10.4. The first-order valence-electron chi connectivity index (χ1n) is 6.54. The van der Waals surface area contributed by atoms with E-state index < -0.39 is 0 Å². The molecule has 2 nitrogen and oxygen atoms in total. The van der Waals surface area contributed by atoms with Gasteiger partial charge in [0.25, 0.3) is 0 Å². The zero-order valence-corrected chi connectivity index (χ0v) is 10.4. The van der Waals surface area contributed by atoms with E-state index in [0.717, 1.165) is 25.9 Å². The number of rotatable bonds is 2. The molecule has 4 rings (SSSR count). The van der Waals surface area contributed by atoms with Crippen LogP contribution < -0.4 is 0 Å². The summed E-state index contributed by atoms with van der Waals surface area (Å²) in [5.74, 6) is 0.826. The molecule has 3 fully saturated rings. The lowest BCUT2D eigenvalue weighted by molar-refractivity contribution is -0.132. The highest BCUT2D eigenvalue weighted by molar-refractivity contribution is 5.83. The molecule has 0 amide bonds. The predicted octanol–water partition coefficient (Wildman–Crippen LogP) is 2.55. The van der Waals surface area contributed by atoms with E-state index in [1.54, 1.807) is 0 Å². The van der Waals surface area contributed by atoms with Crippen LogP contribution in [0.3, 0.4) is 0 Å². The molecule has 1 aromatic rings. The van der Waals surface area contributed by atoms with Crippen molar-refractivity contribution in [1.82, 2.24) is 4.90 Å². The van der Waals surface area contributed by atoms with Crippen LogP contribution in [0.4, 0.5) is 0 Å². The summed E-state index contributed by atoms with van der Waals surface area (Å²) in [5.41, 5.74) is 2.70. The Bertz CT molecular complexity index is 440. The molecule has 0 N–H and O–H groups in total. The van der Waals surface area contributed by atoms with Crippen LogP contribution in [0.25, 0.3) is 0 Å². The van der Waals surface area contributed by atoms with Crippen LogP contribution in [0, 0.1) is 12.8 Å². The van der Waals surface area contributed by atoms with Gasteiger partial charge < -0.3 is 0 Å². The molecule has 0 spiro atoms. The largest absolute Gasteiger partial charge is 0.299 e. The van der Waals surface area contributed by atoms with Crippen molar-refractivity contribution in [2.45, 2.75) is 38.8 Å². The van der Waals surface area contributed by atoms with Gasteiger partial charge in [0.15, 0.2) is 0 Å². The Balaban J connectivity index is 1.73. The van der Waals surface area contributed by atoms with E-state index in [1.807, 2.05) is 0 Å². The SMILES string of the molecule is Cc1cccc(CN2CC3CCC2CC3=O)c1. The number of Topliss-reactive ketones (excluding diaryl/α,β-unsaturated/α-hetero) is 1. The molecular formula is C15H19NO. The van der Waals surface area contributed by atoms with E-state index in [0.29, 0.717) is 17.7 Å². The topological polar surface area (TPSA) is 20.3 Å². The van der Waals surface area contributed by atoms with Crippen molar-refractivity contribution in [3.05, 3.63) is 35.4 Å². The average Bonchev–Trinajstić information content (AvgIpc) is 2.31. The molecule has 90 valence electrons. The smallest absolute Gasteiger partial charge is 0.138 e. The van der Waals surface area contributed by atoms with Gasteiger partial charge in [-0.05, 0) is 25.3 Å². The maximum absolute atomic E-state index is 11.7. The fraction of sp³-hybridized carbons (Fsp3) is 0.533. The molecule has 0 aromatic heterocycles. The van der Waals surface area contributed by atoms with Crippen LogP contribution in [0.5, 0.6) is 0 Å². The summed E-state index contributed by atoms with van der Waals surface area (Å²) in [6, 6.07) is 9.21. The van der Waals surface area contributed by atoms with Crippen LogP contribution in [0.15, 0.2) is 24.3 Å². The van der Waals surface area contributed by atoms with Gasteiger partial charge >= 0.3 is 0 Å². The van der Waals surface area contributed by atoms with Crippen molar-refractivity contribution in [2.75, 3.05) is 6.54 Å². The number of piperidine rings is 2. The Hall–Kier alpha value is -1.15. The van der Waals surface area contributed by atoms with E-state index in [1.165, 1.54) is 17.5 Å². The highest BCUT2D eigenvalue weighted by Gasteiger charge is 2.38. The van der Waals surface area contributed by atoms with Gasteiger partial charge in [-0.2, -0.15) is 0 Å². The van der Waals surface area contributed by atoms with E-state index in [2.05, 4.69) is 36.1 Å². The summed E-state index contributed by atoms with van der Waals surface area (Å²) in [5, 5.41) is 0. The van der Waals surface area contributed by atoms with Crippen molar-refractivity contribution in [3.63, 3.8) is 0 Å². The average molecular weight is 229 g/mol. The zero-order chi connectivity index (χ0) is 11.8. The second-order valence-corrected chi connectivity index (χ2v) is 5.52. The Morgan fingerprint density at radius 2 is 2.24 bits per heavy atom. The number of carbonyl (C=O) groups is 1. The van der Waals surface area contributed by atoms with Crippen molar-refractivity contribution >= 4 is 5.78 Å². The van der Waals surface area contributed by atoms with Gasteiger partial charge in [-0.25, -0.2) is 0 Å². The lowest BCUT2D eigenvalue weighted by Crippen LogP contribution is -2.51. The standard InChI is InChI=1S/C15H19NO/c1-11-3-2-4-12(7-11)9-16-10-13-5-6-14(16)8-15(13)17/h2-4,7,13-14H,5-6,8-10H2,1H3. The van der Waals surface area contributed by atoms with Crippen LogP contribution in [0.1, 0.15) is 30.4 Å². The van der Waals surface area contributed by atoms with Gasteiger partial charge in [-0.15, -0.1) is 0 Å². The number of ketones is 1. The lowest BCUT2D eigenvalue weighted by Gasteiger charge is -2.44. The second kappa shape index (κ2) is 4.26. The van der Waals surface area contributed by atoms with Gasteiger partial charge in [0.1, 0.15) is 5.78 Å². The van der Waals surface area contributed by atoms with E-state index >= 15 is 0 Å². The molecule has 17 heavy (non-hydrogen) atoms. The van der Waals surface area contributed by atoms with E-state index in [9.17, 15) is 4.79 Å². The van der Waals surface area contributed by atoms with Gasteiger partial charge in [0, 0.05) is 31.5 Å². The summed E-state index contributed by atoms with van der Waals surface area (Å²) >= 11 is 0. The lowest BCUT2D eigenvalue weighted by atomic mass is 9.79. The quantitative estimate of drug-likeness (QED) is 0.776. The minimum Gasteiger partial charge on any atom is -0.299 e. The number of hydrogen-bond acceptors (Lipinski definition) is 2. The number of fused-ring (bicyclic) bond motifs is 3. The number of aryl methyl sites for hydroxylation is 1. The number of hydrogen-bond donors (Lipinski definition) is 0. The first kappa shape index (κ1) is 11.0. The molecule has 2 bridgehead atoms. The summed E-state index contributed by atoms with van der Waals surface area (Å²) < 4.78 is 0. The first-order valence-corrected chi connectivity index (χ1v) is 6.54. The maximum atomic E-state index is 11.7. The summed E-state index contributed by atoms with van der Waals surface area (Å²) in [7, 11) is 0. The second-order valence-electron chi connectivity index (χ2n) is 5.52. The third-order valence-corrected chi connectivity index (χ3v) is 4.18. The Kier molecular flexibility index (Phi) is 2.75. The summed E-state index contributed by atoms with van der Waals surface area (Å²) in [6.07, 6.45) is 3.12. The van der Waals surface area contributed by atoms with Crippen LogP contribution in [-0.4, -0.2) is 23.3 Å². The van der Waals surface area contributed by atoms with E-state index in [4.69, 9.17) is 0 Å². The molecule has 2 heterocycles. The number of nitrogens with zero attached hydrogens (tertiary/aromatic N) is 1. The molecule has 1 aliphatic carbocycles. The molecule has 0 radical (unpaired) electrons. The summed E-state index contributed by atoms with van der Waals surface area (Å²) in [6.45, 7) is 4.13. The molecule has 2 saturated heterocycles. The van der Waals surface area contributed by atoms with Crippen molar-refractivity contribution in [3.8, 4) is 0 Å². The predicted molar refractivity (Wildman–Crippen MR) is 67.7 cm³/mol. The van der Waals surface area contributed by atoms with Crippen LogP contribution in [-0.2, 0) is 11.3 Å². The fourth-order valence-electron chi connectivity index (χ4n) is 3.23. The van der Waals surface area contributed by atoms with Crippen molar-refractivity contribution in [1.29, 1.82) is 0 Å². The van der Waals surface area contributed by atoms with Crippen molar-refractivity contribution in [2.24, 2.45) is 5.92 Å². The van der Waals surface area contributed by atoms with Crippen LogP contribution >= 0.6 is 0 Å². The molecule has 1 aromatic carbocycles. The molecule has 2 heteroatoms. The van der Waals surface area contributed by atoms with E-state index in [-0.39, 0.29) is 0 Å². The summed E-state index contributed by atoms with van der Waals surface area (Å²) in [4.78, 5) is 14.2. The molecule has 2 unspecified atom stereocenters. The third-order valence-electron chi connectivity index (χ3n) is 4.18. The third kappa shape index (κ3) is 2.14. The minimum atomic E-state index is 0.324. The van der Waals surface area contributed by atoms with Gasteiger partial charge in [-0.3, -0.25) is 9.69 Å². The molecule has 2 atom stereocenters. The Labute approximate surface area is 103 Å². The molecule has 1 saturated carbocycles. The fourth-order valence-corrected chi connectivity index (χ4v) is 3.23. The molecule has 3 aliphatic rings. The van der Waals surface area contributed by atoms with Gasteiger partial charge in [0.2, 0.25) is 0 Å². The minimum absolute atomic E-state index is 0.324. The monoisotopic (exact) mass is 229 g/mol. The number of benzene rings is 1. The maximum Gasteiger partial charge on any atom is 0.138 e. The normalized spacial score (nSPS) is 28.6. The molecular weight excluding hydrogens is 210 g/mol. The van der Waals surface area contributed by atoms with Gasteiger partial charge in [0.05, 0.1) is 0 Å². The first-order chi connectivity index (χ1) is 8.22. The van der Waals surface area contributed by atoms with Crippen molar-refractivity contribution < 1.29 is 4.79 Å². The Morgan fingerprint density at radius 3 is 2.88 bits per heavy atom. The molecule has 2 aliphatic heterocycles. The highest BCUT2D eigenvalue weighted by atomic mass is 16.1. The van der Waals surface area contributed by atoms with Crippen LogP contribution in [0.2, 0.25) is 0 Å².